The first-order chi connectivity index (χ1) is 7.72. The normalized spacial score (nSPS) is 22.5. The summed E-state index contributed by atoms with van der Waals surface area (Å²) in [4.78, 5) is 2.46. The average molecular weight is 270 g/mol. The van der Waals surface area contributed by atoms with Gasteiger partial charge in [0, 0.05) is 26.9 Å². The van der Waals surface area contributed by atoms with Crippen LogP contribution >= 0.6 is 35.0 Å². The lowest BCUT2D eigenvalue weighted by Crippen LogP contribution is -2.12. The first-order valence-electron chi connectivity index (χ1n) is 5.02. The van der Waals surface area contributed by atoms with Gasteiger partial charge in [-0.25, -0.2) is 0 Å². The minimum Gasteiger partial charge on any atom is -0.354 e. The molecule has 0 aromatic heterocycles. The van der Waals surface area contributed by atoms with E-state index >= 15 is 0 Å². The molecule has 1 unspecified atom stereocenters. The van der Waals surface area contributed by atoms with E-state index in [0.29, 0.717) is 0 Å². The fourth-order valence-electron chi connectivity index (χ4n) is 1.82. The Kier molecular flexibility index (Phi) is 2.66. The average Bonchev–Trinajstić information content (AvgIpc) is 2.26. The summed E-state index contributed by atoms with van der Waals surface area (Å²) in [5, 5.41) is 4.28. The van der Waals surface area contributed by atoms with E-state index in [0.717, 1.165) is 22.8 Å². The Morgan fingerprint density at radius 1 is 1.38 bits per heavy atom. The van der Waals surface area contributed by atoms with Gasteiger partial charge in [0.05, 0.1) is 11.1 Å². The fraction of sp³-hybridized carbons (Fsp3) is 0.167. The summed E-state index contributed by atoms with van der Waals surface area (Å²) >= 11 is 13.8. The quantitative estimate of drug-likeness (QED) is 0.689. The van der Waals surface area contributed by atoms with Gasteiger partial charge in [0.2, 0.25) is 0 Å². The molecule has 0 spiro atoms. The van der Waals surface area contributed by atoms with Gasteiger partial charge in [0.1, 0.15) is 0 Å². The zero-order valence-electron chi connectivity index (χ0n) is 8.34. The first-order valence-corrected chi connectivity index (χ1v) is 6.65. The number of allylic oxidation sites excluding steroid dienone is 3. The molecule has 1 nitrogen and oxygen atoms in total. The highest BCUT2D eigenvalue weighted by Gasteiger charge is 2.21. The fourth-order valence-corrected chi connectivity index (χ4v) is 3.55. The summed E-state index contributed by atoms with van der Waals surface area (Å²) in [5.41, 5.74) is 2.28. The molecule has 1 aliphatic carbocycles. The van der Waals surface area contributed by atoms with E-state index in [-0.39, 0.29) is 5.38 Å². The summed E-state index contributed by atoms with van der Waals surface area (Å²) in [6.07, 6.45) is 4.97. The maximum atomic E-state index is 6.11. The molecule has 1 aromatic rings. The molecule has 1 heterocycles. The molecular weight excluding hydrogens is 261 g/mol. The lowest BCUT2D eigenvalue weighted by molar-refractivity contribution is 1.00. The molecule has 0 amide bonds. The standard InChI is InChI=1S/C12H9Cl2NS/c13-7-1-3-9-11(5-7)16-12-6-8(14)2-4-10(12)15-9/h1-5,8,15H,6H2. The minimum absolute atomic E-state index is 0.105. The zero-order valence-corrected chi connectivity index (χ0v) is 10.7. The Morgan fingerprint density at radius 3 is 3.12 bits per heavy atom. The van der Waals surface area contributed by atoms with Gasteiger partial charge in [-0.2, -0.15) is 0 Å². The second kappa shape index (κ2) is 4.02. The maximum Gasteiger partial charge on any atom is 0.0566 e. The number of thioether (sulfide) groups is 1. The summed E-state index contributed by atoms with van der Waals surface area (Å²) in [6.45, 7) is 0. The molecule has 1 atom stereocenters. The maximum absolute atomic E-state index is 6.11. The summed E-state index contributed by atoms with van der Waals surface area (Å²) in [5.74, 6) is 0. The number of anilines is 1. The van der Waals surface area contributed by atoms with Crippen molar-refractivity contribution in [3.8, 4) is 0 Å². The molecule has 1 aliphatic heterocycles. The summed E-state index contributed by atoms with van der Waals surface area (Å²) in [7, 11) is 0. The number of alkyl halides is 1. The molecule has 3 rings (SSSR count). The van der Waals surface area contributed by atoms with Crippen molar-refractivity contribution in [3.05, 3.63) is 46.0 Å². The van der Waals surface area contributed by atoms with E-state index in [4.69, 9.17) is 23.2 Å². The van der Waals surface area contributed by atoms with Gasteiger partial charge in [0.25, 0.3) is 0 Å². The van der Waals surface area contributed by atoms with Crippen LogP contribution in [0.4, 0.5) is 5.69 Å². The predicted molar refractivity (Wildman–Crippen MR) is 71.4 cm³/mol. The highest BCUT2D eigenvalue weighted by molar-refractivity contribution is 8.03. The first kappa shape index (κ1) is 10.6. The number of rotatable bonds is 0. The Hall–Kier alpha value is -0.570. The van der Waals surface area contributed by atoms with Gasteiger partial charge in [-0.05, 0) is 24.3 Å². The van der Waals surface area contributed by atoms with Crippen LogP contribution in [0, 0.1) is 0 Å². The summed E-state index contributed by atoms with van der Waals surface area (Å²) < 4.78 is 0. The lowest BCUT2D eigenvalue weighted by atomic mass is 10.1. The number of fused-ring (bicyclic) bond motifs is 1. The second-order valence-corrected chi connectivity index (χ2v) is 5.92. The molecule has 0 bridgehead atoms. The van der Waals surface area contributed by atoms with E-state index in [1.165, 1.54) is 9.80 Å². The molecule has 0 fully saturated rings. The largest absolute Gasteiger partial charge is 0.354 e. The van der Waals surface area contributed by atoms with E-state index in [9.17, 15) is 0 Å². The molecule has 2 aliphatic rings. The van der Waals surface area contributed by atoms with Crippen LogP contribution in [0.5, 0.6) is 0 Å². The van der Waals surface area contributed by atoms with Crippen LogP contribution in [0.25, 0.3) is 0 Å². The highest BCUT2D eigenvalue weighted by Crippen LogP contribution is 2.44. The molecule has 0 saturated carbocycles. The van der Waals surface area contributed by atoms with Crippen molar-refractivity contribution in [2.45, 2.75) is 16.7 Å². The highest BCUT2D eigenvalue weighted by atomic mass is 35.5. The van der Waals surface area contributed by atoms with Crippen molar-refractivity contribution in [1.29, 1.82) is 0 Å². The Balaban J connectivity index is 1.99. The van der Waals surface area contributed by atoms with Crippen molar-refractivity contribution in [2.75, 3.05) is 5.32 Å². The van der Waals surface area contributed by atoms with Gasteiger partial charge in [-0.15, -0.1) is 11.6 Å². The second-order valence-electron chi connectivity index (χ2n) is 3.78. The SMILES string of the molecule is Clc1ccc2c(c1)SC1=C(C=CC(Cl)C1)N2. The van der Waals surface area contributed by atoms with Crippen LogP contribution in [0.1, 0.15) is 6.42 Å². The van der Waals surface area contributed by atoms with Gasteiger partial charge in [0.15, 0.2) is 0 Å². The van der Waals surface area contributed by atoms with Gasteiger partial charge in [-0.1, -0.05) is 29.4 Å². The zero-order chi connectivity index (χ0) is 11.1. The van der Waals surface area contributed by atoms with Crippen molar-refractivity contribution in [3.63, 3.8) is 0 Å². The Morgan fingerprint density at radius 2 is 2.25 bits per heavy atom. The monoisotopic (exact) mass is 269 g/mol. The molecular formula is C12H9Cl2NS. The summed E-state index contributed by atoms with van der Waals surface area (Å²) in [6, 6.07) is 5.89. The molecule has 82 valence electrons. The molecule has 0 radical (unpaired) electrons. The number of nitrogens with one attached hydrogen (secondary N) is 1. The number of benzene rings is 1. The van der Waals surface area contributed by atoms with Gasteiger partial charge >= 0.3 is 0 Å². The Bertz CT molecular complexity index is 508. The predicted octanol–water partition coefficient (Wildman–Crippen LogP) is 4.64. The Labute approximate surface area is 109 Å². The van der Waals surface area contributed by atoms with E-state index in [1.807, 2.05) is 24.3 Å². The van der Waals surface area contributed by atoms with Crippen LogP contribution < -0.4 is 5.32 Å². The van der Waals surface area contributed by atoms with Gasteiger partial charge in [-0.3, -0.25) is 0 Å². The topological polar surface area (TPSA) is 12.0 Å². The van der Waals surface area contributed by atoms with E-state index in [1.54, 1.807) is 11.8 Å². The van der Waals surface area contributed by atoms with Crippen LogP contribution in [0.3, 0.4) is 0 Å². The number of hydrogen-bond donors (Lipinski definition) is 1. The third-order valence-corrected chi connectivity index (χ3v) is 4.32. The number of hydrogen-bond acceptors (Lipinski definition) is 2. The molecule has 1 N–H and O–H groups in total. The van der Waals surface area contributed by atoms with Crippen LogP contribution in [0.15, 0.2) is 45.8 Å². The van der Waals surface area contributed by atoms with Crippen molar-refractivity contribution >= 4 is 40.7 Å². The van der Waals surface area contributed by atoms with Crippen LogP contribution in [0.2, 0.25) is 5.02 Å². The van der Waals surface area contributed by atoms with E-state index < -0.39 is 0 Å². The lowest BCUT2D eigenvalue weighted by Gasteiger charge is -2.26. The molecule has 0 saturated heterocycles. The van der Waals surface area contributed by atoms with E-state index in [2.05, 4.69) is 11.4 Å². The van der Waals surface area contributed by atoms with Crippen LogP contribution in [-0.4, -0.2) is 5.38 Å². The van der Waals surface area contributed by atoms with Crippen molar-refractivity contribution < 1.29 is 0 Å². The minimum atomic E-state index is 0.105. The van der Waals surface area contributed by atoms with Crippen molar-refractivity contribution in [2.24, 2.45) is 0 Å². The third kappa shape index (κ3) is 1.86. The molecule has 4 heteroatoms. The smallest absolute Gasteiger partial charge is 0.0566 e. The third-order valence-electron chi connectivity index (χ3n) is 2.60. The van der Waals surface area contributed by atoms with Crippen LogP contribution in [-0.2, 0) is 0 Å². The molecule has 16 heavy (non-hydrogen) atoms. The molecule has 1 aromatic carbocycles. The number of halogens is 2. The van der Waals surface area contributed by atoms with Crippen molar-refractivity contribution in [1.82, 2.24) is 0 Å². The van der Waals surface area contributed by atoms with Gasteiger partial charge < -0.3 is 5.32 Å².